The summed E-state index contributed by atoms with van der Waals surface area (Å²) < 4.78 is 0. The molecule has 0 aromatic rings. The van der Waals surface area contributed by atoms with E-state index in [4.69, 9.17) is 14.4 Å². The molecule has 0 aliphatic heterocycles. The van der Waals surface area contributed by atoms with Crippen molar-refractivity contribution in [2.24, 2.45) is 16.7 Å². The molecule has 3 nitrogen and oxygen atoms in total. The van der Waals surface area contributed by atoms with Crippen LogP contribution in [0.2, 0.25) is 0 Å². The van der Waals surface area contributed by atoms with Crippen molar-refractivity contribution in [1.29, 1.82) is 0 Å². The molecule has 0 N–H and O–H groups in total. The number of allylic oxidation sites excluding steroid dienone is 4. The van der Waals surface area contributed by atoms with E-state index in [0.717, 1.165) is 0 Å². The van der Waals surface area contributed by atoms with Crippen LogP contribution in [0.5, 0.6) is 0 Å². The summed E-state index contributed by atoms with van der Waals surface area (Å²) in [4.78, 5) is 24.0. The van der Waals surface area contributed by atoms with Crippen LogP contribution in [0.1, 0.15) is 41.5 Å². The molecule has 0 heterocycles. The maximum Gasteiger partial charge on any atom is 0.106 e. The van der Waals surface area contributed by atoms with Gasteiger partial charge in [0.2, 0.25) is 0 Å². The van der Waals surface area contributed by atoms with Crippen LogP contribution in [-0.4, -0.2) is 20.4 Å². The molecular weight excluding hydrogens is 296 g/mol. The molecule has 118 valence electrons. The van der Waals surface area contributed by atoms with Gasteiger partial charge in [-0.15, -0.1) is 0 Å². The first-order chi connectivity index (χ1) is 8.71. The molecule has 0 saturated heterocycles. The zero-order valence-electron chi connectivity index (χ0n) is 13.4. The first-order valence-electron chi connectivity index (χ1n) is 5.90. The van der Waals surface area contributed by atoms with Gasteiger partial charge in [0, 0.05) is 17.1 Å². The van der Waals surface area contributed by atoms with Gasteiger partial charge < -0.3 is 14.4 Å². The molecule has 20 heavy (non-hydrogen) atoms. The van der Waals surface area contributed by atoms with Crippen LogP contribution in [0.15, 0.2) is 17.7 Å². The Morgan fingerprint density at radius 2 is 1.25 bits per heavy atom. The van der Waals surface area contributed by atoms with Crippen LogP contribution in [-0.2, 0) is 31.5 Å². The molecule has 1 aliphatic rings. The molecule has 4 heteroatoms. The molecule has 0 spiro atoms. The van der Waals surface area contributed by atoms with E-state index in [2.05, 4.69) is 59.8 Å². The van der Waals surface area contributed by atoms with Crippen molar-refractivity contribution in [2.45, 2.75) is 41.5 Å². The first-order valence-corrected chi connectivity index (χ1v) is 5.90. The zero-order chi connectivity index (χ0) is 16.3. The predicted molar refractivity (Wildman–Crippen MR) is 79.7 cm³/mol. The van der Waals surface area contributed by atoms with Gasteiger partial charge in [0.15, 0.2) is 0 Å². The SMILES string of the molecule is C=O.C=O.C=O.CC(C)(C)C1=[C-]C(C(C)(C)C)C=C1.[Fe]. The second-order valence-electron chi connectivity index (χ2n) is 6.01. The Morgan fingerprint density at radius 3 is 1.40 bits per heavy atom. The maximum absolute atomic E-state index is 8.00. The second kappa shape index (κ2) is 13.0. The van der Waals surface area contributed by atoms with E-state index in [1.54, 1.807) is 0 Å². The predicted octanol–water partition coefficient (Wildman–Crippen LogP) is 3.44. The number of carbonyl (C=O) groups excluding carboxylic acids is 3. The molecule has 0 radical (unpaired) electrons. The molecule has 1 unspecified atom stereocenters. The molecule has 0 fully saturated rings. The molecule has 1 aliphatic carbocycles. The third-order valence-electron chi connectivity index (χ3n) is 2.51. The average molecular weight is 323 g/mol. The van der Waals surface area contributed by atoms with Crippen LogP contribution in [0, 0.1) is 22.8 Å². The first kappa shape index (κ1) is 27.4. The van der Waals surface area contributed by atoms with Gasteiger partial charge in [0.1, 0.15) is 20.4 Å². The van der Waals surface area contributed by atoms with E-state index < -0.39 is 0 Å². The fourth-order valence-corrected chi connectivity index (χ4v) is 1.43. The minimum Gasteiger partial charge on any atom is -0.307 e. The van der Waals surface area contributed by atoms with E-state index in [9.17, 15) is 0 Å². The van der Waals surface area contributed by atoms with Crippen LogP contribution in [0.3, 0.4) is 0 Å². The van der Waals surface area contributed by atoms with Gasteiger partial charge in [0.25, 0.3) is 0 Å². The maximum atomic E-state index is 8.00. The molecule has 0 bridgehead atoms. The Hall–Kier alpha value is -0.991. The zero-order valence-corrected chi connectivity index (χ0v) is 14.5. The Balaban J connectivity index is -0.000000162. The van der Waals surface area contributed by atoms with Gasteiger partial charge in [-0.1, -0.05) is 47.5 Å². The van der Waals surface area contributed by atoms with Crippen molar-refractivity contribution in [1.82, 2.24) is 0 Å². The molecule has 0 aromatic carbocycles. The van der Waals surface area contributed by atoms with Crippen LogP contribution in [0.4, 0.5) is 0 Å². The van der Waals surface area contributed by atoms with E-state index in [1.165, 1.54) is 5.57 Å². The largest absolute Gasteiger partial charge is 0.307 e. The summed E-state index contributed by atoms with van der Waals surface area (Å²) in [6, 6.07) is 0. The van der Waals surface area contributed by atoms with Crippen LogP contribution < -0.4 is 0 Å². The van der Waals surface area contributed by atoms with Crippen molar-refractivity contribution in [3.05, 3.63) is 23.8 Å². The topological polar surface area (TPSA) is 51.2 Å². The monoisotopic (exact) mass is 323 g/mol. The van der Waals surface area contributed by atoms with E-state index in [-0.39, 0.29) is 22.5 Å². The quantitative estimate of drug-likeness (QED) is 0.507. The van der Waals surface area contributed by atoms with Crippen molar-refractivity contribution in [2.75, 3.05) is 0 Å². The fraction of sp³-hybridized carbons (Fsp3) is 0.562. The normalized spacial score (nSPS) is 15.9. The summed E-state index contributed by atoms with van der Waals surface area (Å²) in [6.45, 7) is 19.5. The van der Waals surface area contributed by atoms with Gasteiger partial charge in [-0.25, -0.2) is 11.6 Å². The number of hydrogen-bond acceptors (Lipinski definition) is 3. The smallest absolute Gasteiger partial charge is 0.106 e. The molecule has 0 aromatic heterocycles. The van der Waals surface area contributed by atoms with Gasteiger partial charge in [-0.2, -0.15) is 6.08 Å². The molecular formula is C16H27FeO3-. The number of carbonyl (C=O) groups is 3. The van der Waals surface area contributed by atoms with Crippen LogP contribution >= 0.6 is 0 Å². The van der Waals surface area contributed by atoms with Gasteiger partial charge in [-0.05, 0) is 10.8 Å². The Bertz CT molecular complexity index is 291. The van der Waals surface area contributed by atoms with Crippen molar-refractivity contribution >= 4 is 20.4 Å². The fourth-order valence-electron chi connectivity index (χ4n) is 1.43. The van der Waals surface area contributed by atoms with Crippen LogP contribution in [0.25, 0.3) is 0 Å². The standard InChI is InChI=1S/C13H21.3CH2O.Fe/c1-12(2,3)10-7-8-11(9-10)13(4,5)6;3*1-2;/h7-8,10H,1-6H3;3*1H2;/q-1;;;;. The summed E-state index contributed by atoms with van der Waals surface area (Å²) in [5.41, 5.74) is 1.91. The van der Waals surface area contributed by atoms with Gasteiger partial charge in [0.05, 0.1) is 0 Å². The minimum atomic E-state index is 0. The molecule has 0 amide bonds. The van der Waals surface area contributed by atoms with E-state index in [1.807, 2.05) is 20.4 Å². The number of rotatable bonds is 0. The Kier molecular flexibility index (Phi) is 17.8. The minimum absolute atomic E-state index is 0. The van der Waals surface area contributed by atoms with Crippen molar-refractivity contribution < 1.29 is 31.5 Å². The third-order valence-corrected chi connectivity index (χ3v) is 2.51. The summed E-state index contributed by atoms with van der Waals surface area (Å²) in [6.07, 6.45) is 8.09. The molecule has 1 atom stereocenters. The molecule has 0 saturated carbocycles. The molecule has 1 rings (SSSR count). The Labute approximate surface area is 134 Å². The third kappa shape index (κ3) is 10.9. The van der Waals surface area contributed by atoms with Gasteiger partial charge in [-0.3, -0.25) is 6.08 Å². The number of hydrogen-bond donors (Lipinski definition) is 0. The summed E-state index contributed by atoms with van der Waals surface area (Å²) in [5.74, 6) is 0.488. The Morgan fingerprint density at radius 1 is 0.900 bits per heavy atom. The van der Waals surface area contributed by atoms with Gasteiger partial charge >= 0.3 is 0 Å². The van der Waals surface area contributed by atoms with Crippen molar-refractivity contribution in [3.63, 3.8) is 0 Å². The van der Waals surface area contributed by atoms with E-state index >= 15 is 0 Å². The summed E-state index contributed by atoms with van der Waals surface area (Å²) in [5, 5.41) is 0. The van der Waals surface area contributed by atoms with Crippen molar-refractivity contribution in [3.8, 4) is 0 Å². The second-order valence-corrected chi connectivity index (χ2v) is 6.01. The summed E-state index contributed by atoms with van der Waals surface area (Å²) in [7, 11) is 0. The average Bonchev–Trinajstić information content (AvgIpc) is 2.86. The van der Waals surface area contributed by atoms with E-state index in [0.29, 0.717) is 11.3 Å². The summed E-state index contributed by atoms with van der Waals surface area (Å²) >= 11 is 0.